The molecule has 28 heavy (non-hydrogen) atoms. The highest BCUT2D eigenvalue weighted by Crippen LogP contribution is 2.38. The lowest BCUT2D eigenvalue weighted by atomic mass is 9.88. The first-order valence-electron chi connectivity index (χ1n) is 9.42. The Bertz CT molecular complexity index is 827. The summed E-state index contributed by atoms with van der Waals surface area (Å²) in [5.41, 5.74) is 2.65. The molecule has 2 aromatic rings. The van der Waals surface area contributed by atoms with Crippen LogP contribution in [0.2, 0.25) is 0 Å². The van der Waals surface area contributed by atoms with Gasteiger partial charge in [0.15, 0.2) is 0 Å². The monoisotopic (exact) mass is 448 g/mol. The summed E-state index contributed by atoms with van der Waals surface area (Å²) < 4.78 is 6.16. The van der Waals surface area contributed by atoms with Crippen LogP contribution in [0.15, 0.2) is 48.5 Å². The van der Waals surface area contributed by atoms with Gasteiger partial charge in [-0.25, -0.2) is 0 Å². The molecular weight excluding hydrogens is 424 g/mol. The lowest BCUT2D eigenvalue weighted by Gasteiger charge is -2.49. The molecule has 7 heteroatoms. The van der Waals surface area contributed by atoms with Crippen molar-refractivity contribution in [1.29, 1.82) is 0 Å². The second kappa shape index (κ2) is 8.29. The number of hydrogen-bond donors (Lipinski definition) is 1. The quantitative estimate of drug-likeness (QED) is 0.560. The lowest BCUT2D eigenvalue weighted by molar-refractivity contribution is -0.384. The number of non-ortho nitro benzene ring substituents is 1. The number of rotatable bonds is 3. The summed E-state index contributed by atoms with van der Waals surface area (Å²) in [5, 5.41) is 22.0. The molecule has 0 spiro atoms. The number of hydrogen-bond acceptors (Lipinski definition) is 5. The molecule has 0 bridgehead atoms. The first kappa shape index (κ1) is 20.9. The van der Waals surface area contributed by atoms with Crippen molar-refractivity contribution < 1.29 is 14.8 Å². The van der Waals surface area contributed by atoms with Gasteiger partial charge in [0.1, 0.15) is 0 Å². The number of ether oxygens (including phenoxy) is 1. The number of likely N-dealkylation sites (N-methyl/N-ethyl adjacent to an activating group) is 1. The van der Waals surface area contributed by atoms with Gasteiger partial charge < -0.3 is 9.84 Å². The molecule has 1 aliphatic carbocycles. The minimum absolute atomic E-state index is 0. The molecule has 4 rings (SSSR count). The van der Waals surface area contributed by atoms with E-state index in [-0.39, 0.29) is 28.8 Å². The number of β-amino-alcohol motifs (C(OH)–C–C–N with tert-alkyl or cyclic N) is 1. The molecule has 1 saturated heterocycles. The van der Waals surface area contributed by atoms with Crippen LogP contribution in [0.5, 0.6) is 0 Å². The molecule has 1 N–H and O–H groups in total. The van der Waals surface area contributed by atoms with E-state index in [1.165, 1.54) is 18.6 Å². The number of benzene rings is 2. The van der Waals surface area contributed by atoms with Gasteiger partial charge in [0.25, 0.3) is 5.69 Å². The van der Waals surface area contributed by atoms with E-state index in [2.05, 4.69) is 11.9 Å². The third-order valence-corrected chi connectivity index (χ3v) is 5.79. The maximum atomic E-state index is 11.2. The SMILES string of the molecule is Br.CN1CC(O)(c2ccc(-c3ccc([N+](=O)[O-])cc3)cc2)OC2CCCCC21. The maximum absolute atomic E-state index is 11.2. The summed E-state index contributed by atoms with van der Waals surface area (Å²) in [6.45, 7) is 0.449. The minimum atomic E-state index is -1.30. The van der Waals surface area contributed by atoms with Crippen molar-refractivity contribution in [3.8, 4) is 11.1 Å². The molecule has 2 fully saturated rings. The van der Waals surface area contributed by atoms with Gasteiger partial charge in [-0.05, 0) is 43.1 Å². The Labute approximate surface area is 175 Å². The van der Waals surface area contributed by atoms with E-state index in [0.29, 0.717) is 12.6 Å². The number of nitro groups is 1. The summed E-state index contributed by atoms with van der Waals surface area (Å²) >= 11 is 0. The van der Waals surface area contributed by atoms with E-state index in [9.17, 15) is 15.2 Å². The normalized spacial score (nSPS) is 27.5. The fraction of sp³-hybridized carbons (Fsp3) is 0.429. The second-order valence-corrected chi connectivity index (χ2v) is 7.59. The van der Waals surface area contributed by atoms with Gasteiger partial charge in [-0.3, -0.25) is 15.0 Å². The predicted octanol–water partition coefficient (Wildman–Crippen LogP) is 4.26. The number of fused-ring (bicyclic) bond motifs is 1. The zero-order valence-corrected chi connectivity index (χ0v) is 17.5. The topological polar surface area (TPSA) is 75.8 Å². The molecule has 2 aliphatic rings. The number of aliphatic hydroxyl groups is 1. The van der Waals surface area contributed by atoms with E-state index in [0.717, 1.165) is 36.0 Å². The Morgan fingerprint density at radius 2 is 1.64 bits per heavy atom. The van der Waals surface area contributed by atoms with Crippen molar-refractivity contribution in [2.45, 2.75) is 43.6 Å². The Morgan fingerprint density at radius 3 is 2.25 bits per heavy atom. The van der Waals surface area contributed by atoms with Gasteiger partial charge >= 0.3 is 0 Å². The van der Waals surface area contributed by atoms with Crippen LogP contribution >= 0.6 is 17.0 Å². The van der Waals surface area contributed by atoms with E-state index in [4.69, 9.17) is 4.74 Å². The number of nitrogens with zero attached hydrogens (tertiary/aromatic N) is 2. The number of nitro benzene ring substituents is 1. The first-order valence-corrected chi connectivity index (χ1v) is 9.42. The lowest BCUT2D eigenvalue weighted by Crippen LogP contribution is -2.58. The van der Waals surface area contributed by atoms with Crippen LogP contribution in [-0.2, 0) is 10.5 Å². The van der Waals surface area contributed by atoms with Crippen molar-refractivity contribution in [2.75, 3.05) is 13.6 Å². The zero-order chi connectivity index (χ0) is 19.0. The average Bonchev–Trinajstić information content (AvgIpc) is 2.68. The van der Waals surface area contributed by atoms with Crippen molar-refractivity contribution in [2.24, 2.45) is 0 Å². The van der Waals surface area contributed by atoms with E-state index in [1.54, 1.807) is 12.1 Å². The molecule has 3 atom stereocenters. The zero-order valence-electron chi connectivity index (χ0n) is 15.8. The highest BCUT2D eigenvalue weighted by molar-refractivity contribution is 8.93. The van der Waals surface area contributed by atoms with Gasteiger partial charge in [0, 0.05) is 23.7 Å². The summed E-state index contributed by atoms with van der Waals surface area (Å²) in [5.74, 6) is -1.30. The van der Waals surface area contributed by atoms with E-state index >= 15 is 0 Å². The van der Waals surface area contributed by atoms with Crippen LogP contribution in [0.3, 0.4) is 0 Å². The van der Waals surface area contributed by atoms with Crippen LogP contribution in [0, 0.1) is 10.1 Å². The fourth-order valence-corrected chi connectivity index (χ4v) is 4.32. The minimum Gasteiger partial charge on any atom is -0.361 e. The second-order valence-electron chi connectivity index (χ2n) is 7.59. The molecule has 6 nitrogen and oxygen atoms in total. The van der Waals surface area contributed by atoms with Crippen molar-refractivity contribution in [3.05, 3.63) is 64.2 Å². The highest BCUT2D eigenvalue weighted by Gasteiger charge is 2.45. The van der Waals surface area contributed by atoms with Crippen LogP contribution in [0.1, 0.15) is 31.2 Å². The van der Waals surface area contributed by atoms with E-state index < -0.39 is 10.7 Å². The fourth-order valence-electron chi connectivity index (χ4n) is 4.32. The van der Waals surface area contributed by atoms with Gasteiger partial charge in [0.2, 0.25) is 5.79 Å². The molecule has 2 aromatic carbocycles. The average molecular weight is 449 g/mol. The smallest absolute Gasteiger partial charge is 0.269 e. The largest absolute Gasteiger partial charge is 0.361 e. The molecule has 150 valence electrons. The molecule has 0 amide bonds. The first-order chi connectivity index (χ1) is 13.0. The molecule has 0 radical (unpaired) electrons. The third-order valence-electron chi connectivity index (χ3n) is 5.79. The summed E-state index contributed by atoms with van der Waals surface area (Å²) in [6.07, 6.45) is 4.53. The van der Waals surface area contributed by atoms with Crippen LogP contribution in [-0.4, -0.2) is 40.7 Å². The maximum Gasteiger partial charge on any atom is 0.269 e. The Kier molecular flexibility index (Phi) is 6.19. The Hall–Kier alpha value is -1.80. The van der Waals surface area contributed by atoms with Crippen molar-refractivity contribution >= 4 is 22.7 Å². The number of morpholine rings is 1. The molecule has 0 aromatic heterocycles. The standard InChI is InChI=1S/C21H24N2O4.BrH/c1-22-14-21(24,27-20-5-3-2-4-19(20)22)17-10-6-15(7-11-17)16-8-12-18(13-9-16)23(25)26;/h6-13,19-20,24H,2-5,14H2,1H3;1H. The third kappa shape index (κ3) is 3.98. The molecule has 3 unspecified atom stereocenters. The van der Waals surface area contributed by atoms with Gasteiger partial charge in [0.05, 0.1) is 17.6 Å². The van der Waals surface area contributed by atoms with Gasteiger partial charge in [-0.2, -0.15) is 0 Å². The van der Waals surface area contributed by atoms with Gasteiger partial charge in [-0.15, -0.1) is 17.0 Å². The van der Waals surface area contributed by atoms with Crippen LogP contribution < -0.4 is 0 Å². The summed E-state index contributed by atoms with van der Waals surface area (Å²) in [4.78, 5) is 12.6. The summed E-state index contributed by atoms with van der Waals surface area (Å²) in [7, 11) is 2.06. The van der Waals surface area contributed by atoms with Crippen molar-refractivity contribution in [3.63, 3.8) is 0 Å². The number of halogens is 1. The molecule has 1 saturated carbocycles. The molecular formula is C21H25BrN2O4. The Morgan fingerprint density at radius 1 is 1.07 bits per heavy atom. The molecule has 1 heterocycles. The van der Waals surface area contributed by atoms with Gasteiger partial charge in [-0.1, -0.05) is 37.1 Å². The summed E-state index contributed by atoms with van der Waals surface area (Å²) in [6, 6.07) is 14.5. The van der Waals surface area contributed by atoms with Crippen molar-refractivity contribution in [1.82, 2.24) is 4.90 Å². The van der Waals surface area contributed by atoms with Crippen LogP contribution in [0.4, 0.5) is 5.69 Å². The molecule has 1 aliphatic heterocycles. The Balaban J connectivity index is 0.00000225. The van der Waals surface area contributed by atoms with Crippen LogP contribution in [0.25, 0.3) is 11.1 Å². The van der Waals surface area contributed by atoms with E-state index in [1.807, 2.05) is 24.3 Å². The predicted molar refractivity (Wildman–Crippen MR) is 113 cm³/mol. The highest BCUT2D eigenvalue weighted by atomic mass is 79.9.